The number of nitrogens with one attached hydrogen (secondary N) is 2. The van der Waals surface area contributed by atoms with Gasteiger partial charge in [0.15, 0.2) is 5.13 Å². The predicted octanol–water partition coefficient (Wildman–Crippen LogP) is 3.93. The van der Waals surface area contributed by atoms with Gasteiger partial charge in [-0.25, -0.2) is 4.98 Å². The highest BCUT2D eigenvalue weighted by Gasteiger charge is 2.31. The van der Waals surface area contributed by atoms with Gasteiger partial charge in [0.05, 0.1) is 17.4 Å². The van der Waals surface area contributed by atoms with Gasteiger partial charge in [0.2, 0.25) is 5.91 Å². The number of anilines is 2. The van der Waals surface area contributed by atoms with Gasteiger partial charge in [0.25, 0.3) is 5.91 Å². The molecule has 2 N–H and O–H groups in total. The molecule has 2 heterocycles. The number of thiazole rings is 1. The lowest BCUT2D eigenvalue weighted by Gasteiger charge is -2.17. The van der Waals surface area contributed by atoms with E-state index < -0.39 is 17.6 Å². The fourth-order valence-corrected chi connectivity index (χ4v) is 3.40. The van der Waals surface area contributed by atoms with Gasteiger partial charge in [-0.3, -0.25) is 9.59 Å². The molecule has 0 bridgehead atoms. The van der Waals surface area contributed by atoms with Crippen molar-refractivity contribution in [1.29, 1.82) is 0 Å². The lowest BCUT2D eigenvalue weighted by molar-refractivity contribution is -0.137. The lowest BCUT2D eigenvalue weighted by atomic mass is 10.1. The third-order valence-corrected chi connectivity index (χ3v) is 4.78. The van der Waals surface area contributed by atoms with E-state index in [2.05, 4.69) is 15.6 Å². The van der Waals surface area contributed by atoms with Crippen LogP contribution in [0.25, 0.3) is 0 Å². The molecule has 0 radical (unpaired) electrons. The molecular weight excluding hydrogens is 411 g/mol. The van der Waals surface area contributed by atoms with Crippen LogP contribution in [0.2, 0.25) is 0 Å². The summed E-state index contributed by atoms with van der Waals surface area (Å²) in [6.45, 7) is 2.07. The Morgan fingerprint density at radius 2 is 2.14 bits per heavy atom. The molecule has 0 unspecified atom stereocenters. The number of nitrogens with zero attached hydrogens (tertiary/aromatic N) is 1. The summed E-state index contributed by atoms with van der Waals surface area (Å²) in [6, 6.07) is 2.86. The fraction of sp³-hybridized carbons (Fsp3) is 0.389. The summed E-state index contributed by atoms with van der Waals surface area (Å²) in [5.74, 6) is -0.979. The molecule has 7 nitrogen and oxygen atoms in total. The van der Waals surface area contributed by atoms with E-state index in [0.29, 0.717) is 6.61 Å². The first kappa shape index (κ1) is 21.1. The van der Waals surface area contributed by atoms with E-state index in [-0.39, 0.29) is 40.9 Å². The van der Waals surface area contributed by atoms with Crippen molar-refractivity contribution in [3.8, 4) is 5.75 Å². The van der Waals surface area contributed by atoms with Crippen LogP contribution in [0.1, 0.15) is 35.8 Å². The van der Waals surface area contributed by atoms with E-state index in [1.54, 1.807) is 0 Å². The van der Waals surface area contributed by atoms with Crippen LogP contribution in [0.3, 0.4) is 0 Å². The van der Waals surface area contributed by atoms with Gasteiger partial charge < -0.3 is 20.1 Å². The molecule has 1 saturated heterocycles. The maximum atomic E-state index is 13.1. The minimum Gasteiger partial charge on any atom is -0.489 e. The second kappa shape index (κ2) is 8.78. The Bertz CT molecular complexity index is 895. The molecule has 29 heavy (non-hydrogen) atoms. The van der Waals surface area contributed by atoms with Crippen LogP contribution in [0.15, 0.2) is 23.6 Å². The quantitative estimate of drug-likeness (QED) is 0.726. The SMILES string of the molecule is CC(=O)Nc1nc(C(=O)Nc2cc(C(F)(F)F)ccc2OC[C@@H]2CCCO2)cs1. The maximum Gasteiger partial charge on any atom is 0.416 e. The summed E-state index contributed by atoms with van der Waals surface area (Å²) >= 11 is 1.02. The smallest absolute Gasteiger partial charge is 0.416 e. The minimum atomic E-state index is -4.58. The second-order valence-corrected chi connectivity index (χ2v) is 7.19. The van der Waals surface area contributed by atoms with Crippen molar-refractivity contribution in [3.63, 3.8) is 0 Å². The Kier molecular flexibility index (Phi) is 6.38. The number of halogens is 3. The molecule has 0 spiro atoms. The molecule has 2 aromatic rings. The van der Waals surface area contributed by atoms with Crippen LogP contribution in [0.5, 0.6) is 5.75 Å². The number of ether oxygens (including phenoxy) is 2. The Labute approximate surface area is 168 Å². The lowest BCUT2D eigenvalue weighted by Crippen LogP contribution is -2.19. The molecule has 1 atom stereocenters. The van der Waals surface area contributed by atoms with Crippen LogP contribution >= 0.6 is 11.3 Å². The van der Waals surface area contributed by atoms with Crippen LogP contribution < -0.4 is 15.4 Å². The molecule has 1 aliphatic rings. The molecular formula is C18H18F3N3O4S. The zero-order valence-electron chi connectivity index (χ0n) is 15.3. The van der Waals surface area contributed by atoms with E-state index in [1.165, 1.54) is 12.3 Å². The Morgan fingerprint density at radius 3 is 2.79 bits per heavy atom. The number of rotatable bonds is 6. The Morgan fingerprint density at radius 1 is 1.34 bits per heavy atom. The number of hydrogen-bond acceptors (Lipinski definition) is 6. The van der Waals surface area contributed by atoms with Crippen LogP contribution in [-0.4, -0.2) is 36.1 Å². The van der Waals surface area contributed by atoms with Crippen LogP contribution in [0.4, 0.5) is 24.0 Å². The Balaban J connectivity index is 1.79. The highest BCUT2D eigenvalue weighted by molar-refractivity contribution is 7.14. The summed E-state index contributed by atoms with van der Waals surface area (Å²) < 4.78 is 50.3. The van der Waals surface area contributed by atoms with Gasteiger partial charge in [-0.15, -0.1) is 11.3 Å². The molecule has 11 heteroatoms. The number of hydrogen-bond donors (Lipinski definition) is 2. The summed E-state index contributed by atoms with van der Waals surface area (Å²) in [6.07, 6.45) is -3.02. The third-order valence-electron chi connectivity index (χ3n) is 4.02. The van der Waals surface area contributed by atoms with Crippen molar-refractivity contribution >= 4 is 34.0 Å². The first-order chi connectivity index (χ1) is 13.7. The molecule has 1 aromatic heterocycles. The highest BCUT2D eigenvalue weighted by atomic mass is 32.1. The number of carbonyl (C=O) groups excluding carboxylic acids is 2. The second-order valence-electron chi connectivity index (χ2n) is 6.33. The maximum absolute atomic E-state index is 13.1. The summed E-state index contributed by atoms with van der Waals surface area (Å²) in [5, 5.41) is 6.44. The average Bonchev–Trinajstić information content (AvgIpc) is 3.31. The average molecular weight is 429 g/mol. The van der Waals surface area contributed by atoms with Gasteiger partial charge in [0.1, 0.15) is 18.1 Å². The third kappa shape index (κ3) is 5.67. The van der Waals surface area contributed by atoms with Gasteiger partial charge in [0, 0.05) is 18.9 Å². The number of aromatic nitrogens is 1. The van der Waals surface area contributed by atoms with E-state index in [9.17, 15) is 22.8 Å². The first-order valence-corrected chi connectivity index (χ1v) is 9.60. The van der Waals surface area contributed by atoms with Gasteiger partial charge >= 0.3 is 6.18 Å². The first-order valence-electron chi connectivity index (χ1n) is 8.72. The number of alkyl halides is 3. The molecule has 0 aliphatic carbocycles. The van der Waals surface area contributed by atoms with E-state index in [1.807, 2.05) is 0 Å². The van der Waals surface area contributed by atoms with Crippen molar-refractivity contribution in [1.82, 2.24) is 4.98 Å². The standard InChI is InChI=1S/C18H18F3N3O4S/c1-10(25)22-17-24-14(9-29-17)16(26)23-13-7-11(18(19,20)21)4-5-15(13)28-8-12-3-2-6-27-12/h4-5,7,9,12H,2-3,6,8H2,1H3,(H,23,26)(H,22,24,25)/t12-/m0/s1. The van der Waals surface area contributed by atoms with Crippen molar-refractivity contribution in [2.75, 3.05) is 23.8 Å². The minimum absolute atomic E-state index is 0.0405. The highest BCUT2D eigenvalue weighted by Crippen LogP contribution is 2.35. The fourth-order valence-electron chi connectivity index (χ4n) is 2.66. The van der Waals surface area contributed by atoms with Crippen molar-refractivity contribution in [2.45, 2.75) is 32.0 Å². The summed E-state index contributed by atoms with van der Waals surface area (Å²) in [5.41, 5.74) is -1.09. The van der Waals surface area contributed by atoms with Crippen molar-refractivity contribution in [3.05, 3.63) is 34.8 Å². The van der Waals surface area contributed by atoms with Gasteiger partial charge in [-0.1, -0.05) is 0 Å². The zero-order chi connectivity index (χ0) is 21.0. The molecule has 1 aromatic carbocycles. The van der Waals surface area contributed by atoms with Crippen molar-refractivity contribution < 1.29 is 32.2 Å². The van der Waals surface area contributed by atoms with Gasteiger partial charge in [-0.2, -0.15) is 13.2 Å². The van der Waals surface area contributed by atoms with Gasteiger partial charge in [-0.05, 0) is 31.0 Å². The van der Waals surface area contributed by atoms with E-state index in [4.69, 9.17) is 9.47 Å². The molecule has 1 fully saturated rings. The topological polar surface area (TPSA) is 89.6 Å². The monoisotopic (exact) mass is 429 g/mol. The largest absolute Gasteiger partial charge is 0.489 e. The van der Waals surface area contributed by atoms with Crippen LogP contribution in [-0.2, 0) is 15.7 Å². The van der Waals surface area contributed by atoms with E-state index in [0.717, 1.165) is 42.4 Å². The molecule has 2 amide bonds. The van der Waals surface area contributed by atoms with E-state index >= 15 is 0 Å². The predicted molar refractivity (Wildman–Crippen MR) is 100 cm³/mol. The van der Waals surface area contributed by atoms with Crippen LogP contribution in [0, 0.1) is 0 Å². The molecule has 1 aliphatic heterocycles. The molecule has 156 valence electrons. The number of carbonyl (C=O) groups is 2. The summed E-state index contributed by atoms with van der Waals surface area (Å²) in [7, 11) is 0. The zero-order valence-corrected chi connectivity index (χ0v) is 16.2. The van der Waals surface area contributed by atoms with Crippen molar-refractivity contribution in [2.24, 2.45) is 0 Å². The molecule has 3 rings (SSSR count). The normalized spacial score (nSPS) is 16.5. The number of amides is 2. The molecule has 0 saturated carbocycles. The summed E-state index contributed by atoms with van der Waals surface area (Å²) in [4.78, 5) is 27.5. The Hall–Kier alpha value is -2.66. The number of benzene rings is 1.